The Balaban J connectivity index is 0.00000272. The van der Waals surface area contributed by atoms with Gasteiger partial charge in [0.25, 0.3) is 5.91 Å². The lowest BCUT2D eigenvalue weighted by Crippen LogP contribution is -2.43. The van der Waals surface area contributed by atoms with Crippen LogP contribution in [0.25, 0.3) is 10.2 Å². The first-order chi connectivity index (χ1) is 14.5. The number of hydrogen-bond acceptors (Lipinski definition) is 6. The minimum atomic E-state index is -0.0260. The Morgan fingerprint density at radius 2 is 2.06 bits per heavy atom. The van der Waals surface area contributed by atoms with Gasteiger partial charge in [0, 0.05) is 41.7 Å². The van der Waals surface area contributed by atoms with Crippen LogP contribution in [0.5, 0.6) is 0 Å². The number of ether oxygens (including phenoxy) is 1. The molecule has 5 nitrogen and oxygen atoms in total. The van der Waals surface area contributed by atoms with Crippen molar-refractivity contribution in [2.24, 2.45) is 0 Å². The number of carbonyl (C=O) groups excluding carboxylic acids is 1. The first-order valence-electron chi connectivity index (χ1n) is 9.88. The van der Waals surface area contributed by atoms with Gasteiger partial charge in [0.2, 0.25) is 0 Å². The Bertz CT molecular complexity index is 1050. The molecule has 0 bridgehead atoms. The molecular weight excluding hydrogens is 473 g/mol. The van der Waals surface area contributed by atoms with E-state index >= 15 is 0 Å². The lowest BCUT2D eigenvalue weighted by molar-refractivity contribution is 0.0391. The first-order valence-corrected chi connectivity index (χ1v) is 12.3. The second kappa shape index (κ2) is 11.0. The number of nitrogens with zero attached hydrogens (tertiary/aromatic N) is 3. The molecule has 1 aliphatic heterocycles. The molecule has 1 saturated heterocycles. The van der Waals surface area contributed by atoms with E-state index in [1.54, 1.807) is 11.8 Å². The fourth-order valence-electron chi connectivity index (χ4n) is 3.52. The molecule has 2 heterocycles. The average molecular weight is 499 g/mol. The molecule has 0 radical (unpaired) electrons. The summed E-state index contributed by atoms with van der Waals surface area (Å²) in [7, 11) is 0. The van der Waals surface area contributed by atoms with E-state index in [1.165, 1.54) is 11.3 Å². The van der Waals surface area contributed by atoms with E-state index < -0.39 is 0 Å². The summed E-state index contributed by atoms with van der Waals surface area (Å²) in [6, 6.07) is 11.6. The van der Waals surface area contributed by atoms with E-state index in [2.05, 4.69) is 4.90 Å². The monoisotopic (exact) mass is 497 g/mol. The van der Waals surface area contributed by atoms with Gasteiger partial charge in [-0.3, -0.25) is 14.6 Å². The summed E-state index contributed by atoms with van der Waals surface area (Å²) in [5.41, 5.74) is 2.60. The second-order valence-corrected chi connectivity index (χ2v) is 9.53. The molecule has 0 spiro atoms. The summed E-state index contributed by atoms with van der Waals surface area (Å²) in [6.07, 6.45) is 2.01. The largest absolute Gasteiger partial charge is 0.379 e. The number of thioether (sulfide) groups is 1. The fraction of sp³-hybridized carbons (Fsp3) is 0.364. The third-order valence-electron chi connectivity index (χ3n) is 5.18. The van der Waals surface area contributed by atoms with Crippen LogP contribution in [0, 0.1) is 6.92 Å². The Morgan fingerprint density at radius 3 is 2.81 bits per heavy atom. The Morgan fingerprint density at radius 1 is 1.29 bits per heavy atom. The zero-order chi connectivity index (χ0) is 21.1. The maximum atomic E-state index is 13.5. The van der Waals surface area contributed by atoms with Gasteiger partial charge in [-0.2, -0.15) is 0 Å². The Hall–Kier alpha value is -1.35. The van der Waals surface area contributed by atoms with Crippen molar-refractivity contribution in [1.29, 1.82) is 0 Å². The molecular formula is C22H25Cl2N3O2S2. The molecule has 1 amide bonds. The quantitative estimate of drug-likeness (QED) is 0.427. The molecule has 1 aromatic heterocycles. The number of benzene rings is 2. The van der Waals surface area contributed by atoms with Crippen LogP contribution < -0.4 is 4.90 Å². The summed E-state index contributed by atoms with van der Waals surface area (Å²) >= 11 is 9.39. The summed E-state index contributed by atoms with van der Waals surface area (Å²) in [6.45, 7) is 6.61. The smallest absolute Gasteiger partial charge is 0.260 e. The number of morpholine rings is 1. The summed E-state index contributed by atoms with van der Waals surface area (Å²) in [5.74, 6) is -0.0260. The van der Waals surface area contributed by atoms with Crippen molar-refractivity contribution in [3.63, 3.8) is 0 Å². The third-order valence-corrected chi connectivity index (χ3v) is 7.14. The van der Waals surface area contributed by atoms with Gasteiger partial charge in [-0.05, 0) is 49.1 Å². The molecule has 0 N–H and O–H groups in total. The van der Waals surface area contributed by atoms with Gasteiger partial charge < -0.3 is 4.74 Å². The number of aromatic nitrogens is 1. The molecule has 9 heteroatoms. The highest BCUT2D eigenvalue weighted by atomic mass is 35.5. The summed E-state index contributed by atoms with van der Waals surface area (Å²) < 4.78 is 6.45. The van der Waals surface area contributed by atoms with Crippen molar-refractivity contribution in [3.05, 3.63) is 52.5 Å². The SMILES string of the molecule is CSc1cccc(C(=O)N(CCN2CCOCC2)c2nc3c(C)cc(Cl)cc3s2)c1.Cl. The number of rotatable bonds is 6. The predicted molar refractivity (Wildman–Crippen MR) is 134 cm³/mol. The van der Waals surface area contributed by atoms with Gasteiger partial charge in [0.05, 0.1) is 23.4 Å². The van der Waals surface area contributed by atoms with Crippen LogP contribution in [0.1, 0.15) is 15.9 Å². The minimum Gasteiger partial charge on any atom is -0.379 e. The zero-order valence-corrected chi connectivity index (χ0v) is 20.7. The average Bonchev–Trinajstić information content (AvgIpc) is 3.18. The molecule has 2 aromatic carbocycles. The number of aryl methyl sites for hydroxylation is 1. The number of halogens is 2. The highest BCUT2D eigenvalue weighted by Crippen LogP contribution is 2.33. The lowest BCUT2D eigenvalue weighted by atomic mass is 10.2. The first kappa shape index (κ1) is 24.3. The topological polar surface area (TPSA) is 45.7 Å². The van der Waals surface area contributed by atoms with Gasteiger partial charge in [-0.25, -0.2) is 4.98 Å². The van der Waals surface area contributed by atoms with Gasteiger partial charge in [-0.1, -0.05) is 29.0 Å². The summed E-state index contributed by atoms with van der Waals surface area (Å²) in [4.78, 5) is 23.6. The van der Waals surface area contributed by atoms with E-state index in [9.17, 15) is 4.79 Å². The van der Waals surface area contributed by atoms with Crippen LogP contribution >= 0.6 is 47.1 Å². The number of fused-ring (bicyclic) bond motifs is 1. The molecule has 31 heavy (non-hydrogen) atoms. The highest BCUT2D eigenvalue weighted by molar-refractivity contribution is 7.98. The number of thiazole rings is 1. The number of amides is 1. The molecule has 166 valence electrons. The van der Waals surface area contributed by atoms with Gasteiger partial charge in [0.1, 0.15) is 0 Å². The van der Waals surface area contributed by atoms with E-state index in [1.807, 2.05) is 54.5 Å². The number of anilines is 1. The van der Waals surface area contributed by atoms with Crippen molar-refractivity contribution < 1.29 is 9.53 Å². The molecule has 1 aliphatic rings. The van der Waals surface area contributed by atoms with Crippen LogP contribution in [0.2, 0.25) is 5.02 Å². The van der Waals surface area contributed by atoms with Gasteiger partial charge in [0.15, 0.2) is 5.13 Å². The van der Waals surface area contributed by atoms with Crippen LogP contribution in [0.15, 0.2) is 41.3 Å². The van der Waals surface area contributed by atoms with Crippen LogP contribution in [0.4, 0.5) is 5.13 Å². The highest BCUT2D eigenvalue weighted by Gasteiger charge is 2.23. The van der Waals surface area contributed by atoms with Crippen molar-refractivity contribution in [1.82, 2.24) is 9.88 Å². The van der Waals surface area contributed by atoms with Crippen LogP contribution in [-0.2, 0) is 4.74 Å². The van der Waals surface area contributed by atoms with Crippen LogP contribution in [0.3, 0.4) is 0 Å². The van der Waals surface area contributed by atoms with E-state index in [0.29, 0.717) is 22.3 Å². The molecule has 0 unspecified atom stereocenters. The van der Waals surface area contributed by atoms with E-state index in [4.69, 9.17) is 21.3 Å². The third kappa shape index (κ3) is 5.72. The van der Waals surface area contributed by atoms with Gasteiger partial charge in [-0.15, -0.1) is 24.2 Å². The molecule has 0 atom stereocenters. The standard InChI is InChI=1S/C22H24ClN3O2S2.ClH/c1-15-12-17(23)14-19-20(15)24-22(30-19)26(7-6-25-8-10-28-11-9-25)21(27)16-4-3-5-18(13-16)29-2;/h3-5,12-14H,6-11H2,1-2H3;1H. The Labute approximate surface area is 202 Å². The molecule has 0 aliphatic carbocycles. The van der Waals surface area contributed by atoms with Crippen molar-refractivity contribution in [2.75, 3.05) is 50.5 Å². The normalized spacial score (nSPS) is 14.4. The predicted octanol–water partition coefficient (Wildman–Crippen LogP) is 5.38. The van der Waals surface area contributed by atoms with Crippen molar-refractivity contribution in [3.8, 4) is 0 Å². The molecule has 3 aromatic rings. The second-order valence-electron chi connectivity index (χ2n) is 7.21. The minimum absolute atomic E-state index is 0. The van der Waals surface area contributed by atoms with Crippen molar-refractivity contribution >= 4 is 68.4 Å². The summed E-state index contributed by atoms with van der Waals surface area (Å²) in [5, 5.41) is 1.40. The van der Waals surface area contributed by atoms with E-state index in [-0.39, 0.29) is 18.3 Å². The zero-order valence-electron chi connectivity index (χ0n) is 17.5. The molecule has 0 saturated carbocycles. The van der Waals surface area contributed by atoms with Crippen LogP contribution in [-0.4, -0.2) is 61.4 Å². The lowest BCUT2D eigenvalue weighted by Gasteiger charge is -2.29. The maximum absolute atomic E-state index is 13.5. The Kier molecular flexibility index (Phi) is 8.61. The van der Waals surface area contributed by atoms with E-state index in [0.717, 1.165) is 53.5 Å². The van der Waals surface area contributed by atoms with Crippen molar-refractivity contribution in [2.45, 2.75) is 11.8 Å². The maximum Gasteiger partial charge on any atom is 0.260 e. The number of hydrogen-bond donors (Lipinski definition) is 0. The number of carbonyl (C=O) groups is 1. The fourth-order valence-corrected chi connectivity index (χ4v) is 5.42. The molecule has 1 fully saturated rings. The van der Waals surface area contributed by atoms with Gasteiger partial charge >= 0.3 is 0 Å². The molecule has 4 rings (SSSR count).